The van der Waals surface area contributed by atoms with Crippen LogP contribution >= 0.6 is 0 Å². The van der Waals surface area contributed by atoms with Crippen LogP contribution < -0.4 is 5.32 Å². The van der Waals surface area contributed by atoms with Crippen molar-refractivity contribution in [3.63, 3.8) is 0 Å². The summed E-state index contributed by atoms with van der Waals surface area (Å²) in [7, 11) is 1.59. The lowest BCUT2D eigenvalue weighted by Gasteiger charge is -2.32. The molecule has 144 valence electrons. The van der Waals surface area contributed by atoms with Crippen molar-refractivity contribution in [2.45, 2.75) is 32.5 Å². The molecule has 1 aliphatic rings. The number of aryl methyl sites for hydroxylation is 1. The van der Waals surface area contributed by atoms with E-state index >= 15 is 0 Å². The molecule has 2 unspecified atom stereocenters. The van der Waals surface area contributed by atoms with Gasteiger partial charge >= 0.3 is 0 Å². The molecule has 3 rings (SSSR count). The lowest BCUT2D eigenvalue weighted by atomic mass is 9.89. The fraction of sp³-hybridized carbons (Fsp3) is 0.429. The maximum atomic E-state index is 11.0. The van der Waals surface area contributed by atoms with Gasteiger partial charge in [0.05, 0.1) is 17.6 Å². The largest absolute Gasteiger partial charge is 0.384 e. The van der Waals surface area contributed by atoms with Gasteiger partial charge in [0.2, 0.25) is 0 Å². The molecular formula is C21H26N2O4. The van der Waals surface area contributed by atoms with Crippen LogP contribution in [-0.4, -0.2) is 25.2 Å². The van der Waals surface area contributed by atoms with Gasteiger partial charge in [0.1, 0.15) is 0 Å². The van der Waals surface area contributed by atoms with Gasteiger partial charge in [-0.15, -0.1) is 0 Å². The highest BCUT2D eigenvalue weighted by Crippen LogP contribution is 2.34. The van der Waals surface area contributed by atoms with Crippen LogP contribution in [0.15, 0.2) is 42.5 Å². The van der Waals surface area contributed by atoms with Crippen LogP contribution in [0.4, 0.5) is 11.4 Å². The monoisotopic (exact) mass is 370 g/mol. The molecule has 27 heavy (non-hydrogen) atoms. The van der Waals surface area contributed by atoms with Gasteiger partial charge in [0.25, 0.3) is 5.69 Å². The average Bonchev–Trinajstić information content (AvgIpc) is 2.68. The molecule has 0 amide bonds. The SMILES string of the molecule is COCc1cc([N+](=O)[O-])ccc1NCC1CCCOC1c1ccc(C)cc1. The molecule has 2 atom stereocenters. The van der Waals surface area contributed by atoms with E-state index < -0.39 is 0 Å². The first-order chi connectivity index (χ1) is 13.1. The zero-order chi connectivity index (χ0) is 19.2. The van der Waals surface area contributed by atoms with E-state index in [1.165, 1.54) is 17.2 Å². The number of ether oxygens (including phenoxy) is 2. The summed E-state index contributed by atoms with van der Waals surface area (Å²) in [5.41, 5.74) is 4.17. The molecule has 0 spiro atoms. The number of nitro groups is 1. The van der Waals surface area contributed by atoms with Gasteiger partial charge in [-0.1, -0.05) is 29.8 Å². The highest BCUT2D eigenvalue weighted by Gasteiger charge is 2.27. The maximum Gasteiger partial charge on any atom is 0.269 e. The van der Waals surface area contributed by atoms with Crippen LogP contribution in [0.3, 0.4) is 0 Å². The van der Waals surface area contributed by atoms with Gasteiger partial charge < -0.3 is 14.8 Å². The molecule has 0 saturated carbocycles. The second kappa shape index (κ2) is 8.97. The Bertz CT molecular complexity index is 776. The number of anilines is 1. The van der Waals surface area contributed by atoms with Crippen LogP contribution in [0.5, 0.6) is 0 Å². The van der Waals surface area contributed by atoms with Gasteiger partial charge in [-0.25, -0.2) is 0 Å². The first kappa shape index (κ1) is 19.3. The van der Waals surface area contributed by atoms with E-state index in [0.717, 1.165) is 37.2 Å². The van der Waals surface area contributed by atoms with Crippen molar-refractivity contribution in [1.82, 2.24) is 0 Å². The third-order valence-electron chi connectivity index (χ3n) is 5.00. The Hall–Kier alpha value is -2.44. The summed E-state index contributed by atoms with van der Waals surface area (Å²) in [6, 6.07) is 13.4. The van der Waals surface area contributed by atoms with Crippen molar-refractivity contribution in [2.75, 3.05) is 25.6 Å². The van der Waals surface area contributed by atoms with E-state index in [4.69, 9.17) is 9.47 Å². The quantitative estimate of drug-likeness (QED) is 0.568. The first-order valence-corrected chi connectivity index (χ1v) is 9.27. The van der Waals surface area contributed by atoms with Crippen LogP contribution in [-0.2, 0) is 16.1 Å². The number of hydrogen-bond donors (Lipinski definition) is 1. The Morgan fingerprint density at radius 3 is 2.74 bits per heavy atom. The second-order valence-corrected chi connectivity index (χ2v) is 7.02. The third kappa shape index (κ3) is 4.84. The molecule has 2 aromatic carbocycles. The minimum absolute atomic E-state index is 0.0655. The van der Waals surface area contributed by atoms with E-state index in [1.54, 1.807) is 19.2 Å². The van der Waals surface area contributed by atoms with Crippen molar-refractivity contribution in [3.05, 3.63) is 69.3 Å². The molecular weight excluding hydrogens is 344 g/mol. The van der Waals surface area contributed by atoms with Crippen LogP contribution in [0.2, 0.25) is 0 Å². The van der Waals surface area contributed by atoms with E-state index in [1.807, 2.05) is 0 Å². The lowest BCUT2D eigenvalue weighted by molar-refractivity contribution is -0.384. The van der Waals surface area contributed by atoms with Crippen molar-refractivity contribution >= 4 is 11.4 Å². The summed E-state index contributed by atoms with van der Waals surface area (Å²) in [4.78, 5) is 10.6. The highest BCUT2D eigenvalue weighted by atomic mass is 16.6. The number of hydrogen-bond acceptors (Lipinski definition) is 5. The molecule has 6 heteroatoms. The zero-order valence-corrected chi connectivity index (χ0v) is 15.8. The second-order valence-electron chi connectivity index (χ2n) is 7.02. The summed E-state index contributed by atoms with van der Waals surface area (Å²) < 4.78 is 11.3. The zero-order valence-electron chi connectivity index (χ0n) is 15.8. The summed E-state index contributed by atoms with van der Waals surface area (Å²) in [6.07, 6.45) is 2.19. The molecule has 1 aliphatic heterocycles. The predicted octanol–water partition coefficient (Wildman–Crippen LogP) is 4.63. The van der Waals surface area contributed by atoms with Crippen molar-refractivity contribution in [2.24, 2.45) is 5.92 Å². The van der Waals surface area contributed by atoms with Gasteiger partial charge in [-0.2, -0.15) is 0 Å². The first-order valence-electron chi connectivity index (χ1n) is 9.27. The van der Waals surface area contributed by atoms with Crippen LogP contribution in [0.1, 0.15) is 35.6 Å². The smallest absolute Gasteiger partial charge is 0.269 e. The van der Waals surface area contributed by atoms with Crippen LogP contribution in [0.25, 0.3) is 0 Å². The standard InChI is InChI=1S/C21H26N2O4/c1-15-5-7-16(8-6-15)21-17(4-3-11-27-21)13-22-20-10-9-19(23(24)25)12-18(20)14-26-2/h5-10,12,17,21-22H,3-4,11,13-14H2,1-2H3. The van der Waals surface area contributed by atoms with Gasteiger partial charge in [0, 0.05) is 49.6 Å². The third-order valence-corrected chi connectivity index (χ3v) is 5.00. The Kier molecular flexibility index (Phi) is 6.42. The maximum absolute atomic E-state index is 11.0. The Balaban J connectivity index is 1.73. The highest BCUT2D eigenvalue weighted by molar-refractivity contribution is 5.56. The van der Waals surface area contributed by atoms with E-state index in [0.29, 0.717) is 12.5 Å². The molecule has 1 heterocycles. The number of nitrogens with one attached hydrogen (secondary N) is 1. The van der Waals surface area contributed by atoms with E-state index in [-0.39, 0.29) is 16.7 Å². The topological polar surface area (TPSA) is 73.6 Å². The van der Waals surface area contributed by atoms with E-state index in [9.17, 15) is 10.1 Å². The minimum Gasteiger partial charge on any atom is -0.384 e. The Morgan fingerprint density at radius 1 is 1.26 bits per heavy atom. The molecule has 0 aromatic heterocycles. The van der Waals surface area contributed by atoms with Crippen molar-refractivity contribution in [1.29, 1.82) is 0 Å². The number of nitro benzene ring substituents is 1. The number of non-ortho nitro benzene ring substituents is 1. The van der Waals surface area contributed by atoms with Crippen LogP contribution in [0, 0.1) is 23.0 Å². The van der Waals surface area contributed by atoms with Crippen molar-refractivity contribution in [3.8, 4) is 0 Å². The normalized spacial score (nSPS) is 19.6. The molecule has 0 bridgehead atoms. The van der Waals surface area contributed by atoms with E-state index in [2.05, 4.69) is 36.5 Å². The molecule has 0 aliphatic carbocycles. The molecule has 1 fully saturated rings. The number of methoxy groups -OCH3 is 1. The molecule has 1 saturated heterocycles. The van der Waals surface area contributed by atoms with Gasteiger partial charge in [0.15, 0.2) is 0 Å². The van der Waals surface area contributed by atoms with Crippen molar-refractivity contribution < 1.29 is 14.4 Å². The number of benzene rings is 2. The fourth-order valence-corrected chi connectivity index (χ4v) is 3.56. The lowest BCUT2D eigenvalue weighted by Crippen LogP contribution is -2.28. The van der Waals surface area contributed by atoms with Gasteiger partial charge in [-0.05, 0) is 31.4 Å². The van der Waals surface area contributed by atoms with Gasteiger partial charge in [-0.3, -0.25) is 10.1 Å². The summed E-state index contributed by atoms with van der Waals surface area (Å²) in [6.45, 7) is 3.93. The minimum atomic E-state index is -0.384. The summed E-state index contributed by atoms with van der Waals surface area (Å²) >= 11 is 0. The molecule has 6 nitrogen and oxygen atoms in total. The molecule has 2 aromatic rings. The predicted molar refractivity (Wildman–Crippen MR) is 105 cm³/mol. The fourth-order valence-electron chi connectivity index (χ4n) is 3.56. The number of nitrogens with zero attached hydrogens (tertiary/aromatic N) is 1. The number of rotatable bonds is 7. The Labute approximate surface area is 159 Å². The average molecular weight is 370 g/mol. The Morgan fingerprint density at radius 2 is 2.04 bits per heavy atom. The molecule has 1 N–H and O–H groups in total. The summed E-state index contributed by atoms with van der Waals surface area (Å²) in [5.74, 6) is 0.340. The molecule has 0 radical (unpaired) electrons. The summed E-state index contributed by atoms with van der Waals surface area (Å²) in [5, 5.41) is 14.5.